The minimum atomic E-state index is 0.179. The Morgan fingerprint density at radius 1 is 1.17 bits per heavy atom. The van der Waals surface area contributed by atoms with E-state index in [4.69, 9.17) is 28.9 Å². The van der Waals surface area contributed by atoms with Gasteiger partial charge < -0.3 is 5.73 Å². The summed E-state index contributed by atoms with van der Waals surface area (Å²) in [5.74, 6) is 0. The first-order valence-electron chi connectivity index (χ1n) is 6.44. The Balaban J connectivity index is 2.74. The van der Waals surface area contributed by atoms with Crippen molar-refractivity contribution in [2.24, 2.45) is 5.73 Å². The van der Waals surface area contributed by atoms with E-state index < -0.39 is 0 Å². The fourth-order valence-electron chi connectivity index (χ4n) is 2.11. The Bertz CT molecular complexity index is 349. The lowest BCUT2D eigenvalue weighted by Crippen LogP contribution is -2.31. The number of hydrogen-bond acceptors (Lipinski definition) is 2. The molecule has 0 aromatic heterocycles. The molecule has 0 bridgehead atoms. The van der Waals surface area contributed by atoms with E-state index in [-0.39, 0.29) is 6.04 Å². The van der Waals surface area contributed by atoms with Gasteiger partial charge in [0.2, 0.25) is 0 Å². The molecule has 1 atom stereocenters. The zero-order chi connectivity index (χ0) is 13.5. The number of unbranched alkanes of at least 4 members (excludes halogenated alkanes) is 2. The molecule has 0 fully saturated rings. The molecular weight excluding hydrogens is 267 g/mol. The maximum Gasteiger partial charge on any atom is 0.0468 e. The van der Waals surface area contributed by atoms with E-state index >= 15 is 0 Å². The topological polar surface area (TPSA) is 29.3 Å². The Morgan fingerprint density at radius 2 is 1.78 bits per heavy atom. The van der Waals surface area contributed by atoms with Crippen LogP contribution in [0.25, 0.3) is 0 Å². The number of rotatable bonds is 7. The summed E-state index contributed by atoms with van der Waals surface area (Å²) in [6.45, 7) is 3.82. The molecule has 0 amide bonds. The number of halogens is 2. The molecule has 4 heteroatoms. The molecule has 0 radical (unpaired) electrons. The first kappa shape index (κ1) is 15.8. The van der Waals surface area contributed by atoms with Crippen LogP contribution in [0.5, 0.6) is 0 Å². The monoisotopic (exact) mass is 288 g/mol. The second kappa shape index (κ2) is 8.00. The average Bonchev–Trinajstić information content (AvgIpc) is 2.29. The van der Waals surface area contributed by atoms with Gasteiger partial charge >= 0.3 is 0 Å². The molecule has 0 aliphatic carbocycles. The van der Waals surface area contributed by atoms with Crippen LogP contribution in [0.1, 0.15) is 37.8 Å². The van der Waals surface area contributed by atoms with E-state index in [1.165, 1.54) is 19.3 Å². The summed E-state index contributed by atoms with van der Waals surface area (Å²) in [6, 6.07) is 5.82. The summed E-state index contributed by atoms with van der Waals surface area (Å²) in [6.07, 6.45) is 3.67. The predicted molar refractivity (Wildman–Crippen MR) is 80.4 cm³/mol. The molecule has 0 aliphatic rings. The van der Waals surface area contributed by atoms with Gasteiger partial charge in [0.1, 0.15) is 0 Å². The highest BCUT2D eigenvalue weighted by atomic mass is 35.5. The SMILES string of the molecule is CCCCCN(C)C(CN)c1cc(Cl)cc(Cl)c1. The first-order chi connectivity index (χ1) is 8.58. The molecule has 18 heavy (non-hydrogen) atoms. The molecule has 2 N–H and O–H groups in total. The van der Waals surface area contributed by atoms with E-state index in [0.29, 0.717) is 16.6 Å². The number of benzene rings is 1. The fourth-order valence-corrected chi connectivity index (χ4v) is 2.65. The summed E-state index contributed by atoms with van der Waals surface area (Å²) < 4.78 is 0. The third-order valence-electron chi connectivity index (χ3n) is 3.14. The molecule has 1 aromatic rings. The molecule has 1 aromatic carbocycles. The Kier molecular flexibility index (Phi) is 7.02. The summed E-state index contributed by atoms with van der Waals surface area (Å²) in [5, 5.41) is 1.33. The van der Waals surface area contributed by atoms with Crippen LogP contribution in [0.3, 0.4) is 0 Å². The molecule has 0 spiro atoms. The van der Waals surface area contributed by atoms with Crippen LogP contribution in [-0.2, 0) is 0 Å². The largest absolute Gasteiger partial charge is 0.329 e. The molecule has 0 heterocycles. The van der Waals surface area contributed by atoms with E-state index in [1.54, 1.807) is 6.07 Å². The Hall–Kier alpha value is -0.280. The smallest absolute Gasteiger partial charge is 0.0468 e. The van der Waals surface area contributed by atoms with Gasteiger partial charge in [-0.3, -0.25) is 4.90 Å². The summed E-state index contributed by atoms with van der Waals surface area (Å²) >= 11 is 12.1. The van der Waals surface area contributed by atoms with Gasteiger partial charge in [0.25, 0.3) is 0 Å². The fraction of sp³-hybridized carbons (Fsp3) is 0.571. The predicted octanol–water partition coefficient (Wildman–Crippen LogP) is 4.12. The number of nitrogens with two attached hydrogens (primary N) is 1. The number of likely N-dealkylation sites (N-methyl/N-ethyl adjacent to an activating group) is 1. The van der Waals surface area contributed by atoms with Gasteiger partial charge in [0.15, 0.2) is 0 Å². The van der Waals surface area contributed by atoms with Gasteiger partial charge in [-0.15, -0.1) is 0 Å². The zero-order valence-corrected chi connectivity index (χ0v) is 12.6. The van der Waals surface area contributed by atoms with Crippen molar-refractivity contribution in [2.45, 2.75) is 32.2 Å². The van der Waals surface area contributed by atoms with Crippen LogP contribution in [-0.4, -0.2) is 25.0 Å². The van der Waals surface area contributed by atoms with Crippen LogP contribution < -0.4 is 5.73 Å². The number of hydrogen-bond donors (Lipinski definition) is 1. The van der Waals surface area contributed by atoms with Gasteiger partial charge in [-0.25, -0.2) is 0 Å². The standard InChI is InChI=1S/C14H22Cl2N2/c1-3-4-5-6-18(2)14(10-17)11-7-12(15)9-13(16)8-11/h7-9,14H,3-6,10,17H2,1-2H3. The highest BCUT2D eigenvalue weighted by molar-refractivity contribution is 6.34. The average molecular weight is 289 g/mol. The van der Waals surface area contributed by atoms with Crippen LogP contribution >= 0.6 is 23.2 Å². The van der Waals surface area contributed by atoms with Crippen molar-refractivity contribution in [3.05, 3.63) is 33.8 Å². The summed E-state index contributed by atoms with van der Waals surface area (Å²) in [7, 11) is 2.10. The van der Waals surface area contributed by atoms with Crippen molar-refractivity contribution in [1.29, 1.82) is 0 Å². The second-order valence-corrected chi connectivity index (χ2v) is 5.51. The molecule has 1 rings (SSSR count). The van der Waals surface area contributed by atoms with Gasteiger partial charge in [0.05, 0.1) is 0 Å². The Labute approximate surface area is 120 Å². The quantitative estimate of drug-likeness (QED) is 0.765. The van der Waals surface area contributed by atoms with Crippen LogP contribution in [0, 0.1) is 0 Å². The molecule has 2 nitrogen and oxygen atoms in total. The zero-order valence-electron chi connectivity index (χ0n) is 11.1. The molecular formula is C14H22Cl2N2. The van der Waals surface area contributed by atoms with E-state index in [1.807, 2.05) is 12.1 Å². The maximum absolute atomic E-state index is 6.04. The van der Waals surface area contributed by atoms with Crippen molar-refractivity contribution in [3.63, 3.8) is 0 Å². The molecule has 0 saturated carbocycles. The molecule has 0 aliphatic heterocycles. The van der Waals surface area contributed by atoms with Gasteiger partial charge in [0, 0.05) is 22.6 Å². The van der Waals surface area contributed by atoms with Crippen LogP contribution in [0.4, 0.5) is 0 Å². The van der Waals surface area contributed by atoms with Crippen molar-refractivity contribution in [1.82, 2.24) is 4.90 Å². The van der Waals surface area contributed by atoms with Gasteiger partial charge in [-0.2, -0.15) is 0 Å². The third-order valence-corrected chi connectivity index (χ3v) is 3.58. The molecule has 1 unspecified atom stereocenters. The second-order valence-electron chi connectivity index (χ2n) is 4.64. The van der Waals surface area contributed by atoms with Gasteiger partial charge in [-0.1, -0.05) is 43.0 Å². The normalized spacial score (nSPS) is 13.0. The summed E-state index contributed by atoms with van der Waals surface area (Å²) in [4.78, 5) is 2.28. The van der Waals surface area contributed by atoms with Crippen molar-refractivity contribution < 1.29 is 0 Å². The van der Waals surface area contributed by atoms with Crippen molar-refractivity contribution in [3.8, 4) is 0 Å². The van der Waals surface area contributed by atoms with E-state index in [2.05, 4.69) is 18.9 Å². The minimum Gasteiger partial charge on any atom is -0.329 e. The van der Waals surface area contributed by atoms with E-state index in [0.717, 1.165) is 12.1 Å². The van der Waals surface area contributed by atoms with Gasteiger partial charge in [-0.05, 0) is 43.8 Å². The molecule has 102 valence electrons. The van der Waals surface area contributed by atoms with Crippen LogP contribution in [0.15, 0.2) is 18.2 Å². The summed E-state index contributed by atoms with van der Waals surface area (Å²) in [5.41, 5.74) is 6.97. The lowest BCUT2D eigenvalue weighted by atomic mass is 10.1. The molecule has 0 saturated heterocycles. The number of nitrogens with zero attached hydrogens (tertiary/aromatic N) is 1. The highest BCUT2D eigenvalue weighted by Crippen LogP contribution is 2.26. The first-order valence-corrected chi connectivity index (χ1v) is 7.20. The lowest BCUT2D eigenvalue weighted by molar-refractivity contribution is 0.245. The Morgan fingerprint density at radius 3 is 2.28 bits per heavy atom. The lowest BCUT2D eigenvalue weighted by Gasteiger charge is -2.27. The van der Waals surface area contributed by atoms with Crippen molar-refractivity contribution in [2.75, 3.05) is 20.1 Å². The maximum atomic E-state index is 6.04. The third kappa shape index (κ3) is 4.77. The van der Waals surface area contributed by atoms with Crippen LogP contribution in [0.2, 0.25) is 10.0 Å². The van der Waals surface area contributed by atoms with E-state index in [9.17, 15) is 0 Å². The highest BCUT2D eigenvalue weighted by Gasteiger charge is 2.16. The van der Waals surface area contributed by atoms with Crippen molar-refractivity contribution >= 4 is 23.2 Å². The minimum absolute atomic E-state index is 0.179.